The molecule has 0 aliphatic heterocycles. The maximum atomic E-state index is 12.4. The van der Waals surface area contributed by atoms with Gasteiger partial charge in [0.1, 0.15) is 51.6 Å². The summed E-state index contributed by atoms with van der Waals surface area (Å²) in [5.41, 5.74) is 4.55. The molecule has 0 heterocycles. The third kappa shape index (κ3) is 17.2. The van der Waals surface area contributed by atoms with Gasteiger partial charge in [0.05, 0.1) is 41.4 Å². The monoisotopic (exact) mass is 766 g/mol. The molecule has 56 heavy (non-hydrogen) atoms. The fraction of sp³-hybridized carbons (Fsp3) is 0.458. The van der Waals surface area contributed by atoms with Crippen molar-refractivity contribution in [1.29, 1.82) is 0 Å². The van der Waals surface area contributed by atoms with E-state index in [9.17, 15) is 9.59 Å². The predicted molar refractivity (Wildman–Crippen MR) is 224 cm³/mol. The van der Waals surface area contributed by atoms with E-state index in [1.807, 2.05) is 72.8 Å². The maximum absolute atomic E-state index is 12.4. The average molecular weight is 767 g/mol. The number of hydrogen-bond donors (Lipinski definition) is 0. The summed E-state index contributed by atoms with van der Waals surface area (Å²) in [6, 6.07) is 41.2. The van der Waals surface area contributed by atoms with Crippen LogP contribution in [0.5, 0.6) is 0 Å². The Morgan fingerprint density at radius 3 is 0.982 bits per heavy atom. The van der Waals surface area contributed by atoms with Crippen LogP contribution in [-0.2, 0) is 28.5 Å². The summed E-state index contributed by atoms with van der Waals surface area (Å²) in [5, 5.41) is 0. The minimum absolute atomic E-state index is 0.114. The van der Waals surface area contributed by atoms with Gasteiger partial charge in [-0.05, 0) is 35.1 Å². The Hall–Kier alpha value is -4.34. The van der Waals surface area contributed by atoms with Crippen LogP contribution in [0.2, 0.25) is 0 Å². The van der Waals surface area contributed by atoms with Crippen molar-refractivity contribution in [3.8, 4) is 0 Å². The van der Waals surface area contributed by atoms with Gasteiger partial charge in [-0.2, -0.15) is 0 Å². The molecule has 0 unspecified atom stereocenters. The number of nitrogens with zero attached hydrogens (tertiary/aromatic N) is 2. The molecule has 8 heteroatoms. The highest BCUT2D eigenvalue weighted by Gasteiger charge is 2.21. The van der Waals surface area contributed by atoms with E-state index >= 15 is 0 Å². The first-order chi connectivity index (χ1) is 27.1. The Morgan fingerprint density at radius 1 is 0.411 bits per heavy atom. The number of carbonyl (C=O) groups excluding carboxylic acids is 2. The van der Waals surface area contributed by atoms with Crippen LogP contribution in [0.3, 0.4) is 0 Å². The van der Waals surface area contributed by atoms with Gasteiger partial charge in [0.15, 0.2) is 0 Å². The molecule has 0 aliphatic rings. The predicted octanol–water partition coefficient (Wildman–Crippen LogP) is 8.96. The van der Waals surface area contributed by atoms with Crippen LogP contribution in [0.25, 0.3) is 0 Å². The third-order valence-electron chi connectivity index (χ3n) is 10.3. The Bertz CT molecular complexity index is 1450. The number of hydrogen-bond acceptors (Lipinski definition) is 6. The van der Waals surface area contributed by atoms with Crippen molar-refractivity contribution < 1.29 is 37.5 Å². The molecule has 0 aromatic heterocycles. The SMILES string of the molecule is C[N+](C)(CCOC(=O)CCCCCCCCC(=O)OCC[N+](C)(C)CCOC(c1ccccc1)c1ccccc1)CCOC(c1ccccc1)c1ccccc1. The first-order valence-corrected chi connectivity index (χ1v) is 20.5. The summed E-state index contributed by atoms with van der Waals surface area (Å²) in [7, 11) is 8.57. The number of unbranched alkanes of at least 4 members (excludes halogenated alkanes) is 5. The number of ether oxygens (including phenoxy) is 4. The fourth-order valence-corrected chi connectivity index (χ4v) is 6.54. The molecule has 4 rings (SSSR count). The fourth-order valence-electron chi connectivity index (χ4n) is 6.54. The number of quaternary nitrogens is 2. The van der Waals surface area contributed by atoms with E-state index in [4.69, 9.17) is 18.9 Å². The Kier molecular flexibility index (Phi) is 19.3. The van der Waals surface area contributed by atoms with Crippen LogP contribution < -0.4 is 0 Å². The van der Waals surface area contributed by atoms with Crippen molar-refractivity contribution in [2.24, 2.45) is 0 Å². The van der Waals surface area contributed by atoms with E-state index < -0.39 is 0 Å². The number of esters is 2. The number of benzene rings is 4. The lowest BCUT2D eigenvalue weighted by Gasteiger charge is -2.30. The molecule has 0 atom stereocenters. The van der Waals surface area contributed by atoms with Gasteiger partial charge >= 0.3 is 11.9 Å². The molecule has 0 radical (unpaired) electrons. The largest absolute Gasteiger partial charge is 0.460 e. The van der Waals surface area contributed by atoms with Crippen LogP contribution >= 0.6 is 0 Å². The first-order valence-electron chi connectivity index (χ1n) is 20.5. The third-order valence-corrected chi connectivity index (χ3v) is 10.3. The van der Waals surface area contributed by atoms with Crippen molar-refractivity contribution in [2.45, 2.75) is 63.6 Å². The molecule has 0 spiro atoms. The highest BCUT2D eigenvalue weighted by molar-refractivity contribution is 5.69. The molecule has 0 saturated heterocycles. The summed E-state index contributed by atoms with van der Waals surface area (Å²) in [4.78, 5) is 24.8. The van der Waals surface area contributed by atoms with Crippen molar-refractivity contribution in [2.75, 3.05) is 80.8 Å². The first kappa shape index (κ1) is 44.4. The maximum Gasteiger partial charge on any atom is 0.305 e. The molecule has 4 aromatic carbocycles. The van der Waals surface area contributed by atoms with Crippen molar-refractivity contribution in [3.05, 3.63) is 144 Å². The van der Waals surface area contributed by atoms with Gasteiger partial charge in [-0.15, -0.1) is 0 Å². The van der Waals surface area contributed by atoms with E-state index in [0.29, 0.717) is 48.2 Å². The second-order valence-electron chi connectivity index (χ2n) is 16.0. The van der Waals surface area contributed by atoms with Crippen LogP contribution in [0, 0.1) is 0 Å². The number of carbonyl (C=O) groups is 2. The number of likely N-dealkylation sites (N-methyl/N-ethyl adjacent to an activating group) is 2. The lowest BCUT2D eigenvalue weighted by Crippen LogP contribution is -2.45. The van der Waals surface area contributed by atoms with Gasteiger partial charge in [0, 0.05) is 12.8 Å². The van der Waals surface area contributed by atoms with Gasteiger partial charge in [-0.3, -0.25) is 9.59 Å². The zero-order chi connectivity index (χ0) is 39.9. The Balaban J connectivity index is 0.981. The molecule has 0 amide bonds. The molecule has 0 fully saturated rings. The summed E-state index contributed by atoms with van der Waals surface area (Å²) in [6.07, 6.45) is 6.36. The average Bonchev–Trinajstić information content (AvgIpc) is 3.20. The molecule has 0 aliphatic carbocycles. The minimum atomic E-state index is -0.130. The van der Waals surface area contributed by atoms with E-state index in [2.05, 4.69) is 76.7 Å². The van der Waals surface area contributed by atoms with E-state index in [0.717, 1.165) is 87.0 Å². The zero-order valence-corrected chi connectivity index (χ0v) is 34.4. The molecule has 0 N–H and O–H groups in total. The van der Waals surface area contributed by atoms with Gasteiger partial charge in [0.25, 0.3) is 0 Å². The Morgan fingerprint density at radius 2 is 0.679 bits per heavy atom. The molecular weight excluding hydrogens is 701 g/mol. The summed E-state index contributed by atoms with van der Waals surface area (Å²) < 4.78 is 25.4. The van der Waals surface area contributed by atoms with Crippen LogP contribution in [0.15, 0.2) is 121 Å². The second kappa shape index (κ2) is 24.3. The summed E-state index contributed by atoms with van der Waals surface area (Å²) in [5.74, 6) is -0.259. The lowest BCUT2D eigenvalue weighted by molar-refractivity contribution is -0.891. The Labute approximate surface area is 336 Å². The van der Waals surface area contributed by atoms with Gasteiger partial charge in [-0.1, -0.05) is 147 Å². The summed E-state index contributed by atoms with van der Waals surface area (Å²) in [6.45, 7) is 5.07. The van der Waals surface area contributed by atoms with E-state index in [-0.39, 0.29) is 24.1 Å². The molecule has 8 nitrogen and oxygen atoms in total. The summed E-state index contributed by atoms with van der Waals surface area (Å²) >= 11 is 0. The molecular formula is C48H66N2O6+2. The minimum Gasteiger partial charge on any atom is -0.460 e. The highest BCUT2D eigenvalue weighted by Crippen LogP contribution is 2.27. The van der Waals surface area contributed by atoms with E-state index in [1.165, 1.54) is 0 Å². The van der Waals surface area contributed by atoms with Gasteiger partial charge in [-0.25, -0.2) is 0 Å². The normalized spacial score (nSPS) is 11.9. The zero-order valence-electron chi connectivity index (χ0n) is 34.4. The van der Waals surface area contributed by atoms with Crippen LogP contribution in [0.4, 0.5) is 0 Å². The molecule has 0 bridgehead atoms. The molecule has 0 saturated carbocycles. The lowest BCUT2D eigenvalue weighted by atomic mass is 10.0. The van der Waals surface area contributed by atoms with E-state index in [1.54, 1.807) is 0 Å². The van der Waals surface area contributed by atoms with Crippen LogP contribution in [0.1, 0.15) is 85.8 Å². The number of rotatable bonds is 27. The van der Waals surface area contributed by atoms with Crippen LogP contribution in [-0.4, -0.2) is 102 Å². The van der Waals surface area contributed by atoms with Gasteiger partial charge in [0.2, 0.25) is 0 Å². The smallest absolute Gasteiger partial charge is 0.305 e. The van der Waals surface area contributed by atoms with Crippen molar-refractivity contribution in [3.63, 3.8) is 0 Å². The van der Waals surface area contributed by atoms with Crippen molar-refractivity contribution in [1.82, 2.24) is 0 Å². The van der Waals surface area contributed by atoms with Gasteiger partial charge < -0.3 is 27.9 Å². The second-order valence-corrected chi connectivity index (χ2v) is 16.0. The standard InChI is InChI=1S/C48H66N2O6/c1-49(2,35-39-55-47(41-23-13-9-14-24-41)42-25-15-10-16-26-42)33-37-53-45(51)31-21-7-5-6-8-22-32-46(52)54-38-34-50(3,4)36-40-56-48(43-27-17-11-18-28-43)44-29-19-12-20-30-44/h9-20,23-30,47-48H,5-8,21-22,31-40H2,1-4H3/q+2. The van der Waals surface area contributed by atoms with Crippen molar-refractivity contribution >= 4 is 11.9 Å². The highest BCUT2D eigenvalue weighted by atomic mass is 16.5. The molecule has 302 valence electrons. The topological polar surface area (TPSA) is 71.1 Å². The quantitative estimate of drug-likeness (QED) is 0.0343. The molecule has 4 aromatic rings.